The molecule has 0 aromatic carbocycles. The molecule has 0 aromatic heterocycles. The molecule has 24 heavy (non-hydrogen) atoms. The second-order valence-electron chi connectivity index (χ2n) is 5.98. The van der Waals surface area contributed by atoms with E-state index in [4.69, 9.17) is 11.6 Å². The van der Waals surface area contributed by atoms with Gasteiger partial charge in [0.25, 0.3) is 0 Å². The van der Waals surface area contributed by atoms with Gasteiger partial charge in [0.05, 0.1) is 0 Å². The van der Waals surface area contributed by atoms with E-state index in [-0.39, 0.29) is 5.92 Å². The molecule has 2 nitrogen and oxygen atoms in total. The maximum atomic E-state index is 14.1. The summed E-state index contributed by atoms with van der Waals surface area (Å²) in [5.74, 6) is -12.6. The molecule has 0 amide bonds. The maximum Gasteiger partial charge on any atom is 0.460 e. The lowest BCUT2D eigenvalue weighted by Gasteiger charge is -2.42. The van der Waals surface area contributed by atoms with Gasteiger partial charge in [-0.25, -0.2) is 0 Å². The summed E-state index contributed by atoms with van der Waals surface area (Å²) >= 11 is 5.39. The van der Waals surface area contributed by atoms with Gasteiger partial charge in [-0.2, -0.15) is 30.7 Å². The zero-order valence-corrected chi connectivity index (χ0v) is 13.7. The molecule has 0 saturated heterocycles. The van der Waals surface area contributed by atoms with Crippen molar-refractivity contribution in [2.24, 2.45) is 5.92 Å². The van der Waals surface area contributed by atoms with Crippen LogP contribution in [0.4, 0.5) is 30.7 Å². The van der Waals surface area contributed by atoms with Crippen LogP contribution in [0.5, 0.6) is 0 Å². The first-order chi connectivity index (χ1) is 10.8. The third-order valence-electron chi connectivity index (χ3n) is 4.24. The van der Waals surface area contributed by atoms with E-state index in [2.05, 4.69) is 4.74 Å². The van der Waals surface area contributed by atoms with Crippen LogP contribution in [0, 0.1) is 5.92 Å². The van der Waals surface area contributed by atoms with Gasteiger partial charge in [-0.1, -0.05) is 43.7 Å². The number of alkyl halides is 8. The van der Waals surface area contributed by atoms with E-state index < -0.39 is 42.2 Å². The van der Waals surface area contributed by atoms with E-state index in [1.165, 1.54) is 0 Å². The van der Waals surface area contributed by atoms with E-state index >= 15 is 0 Å². The van der Waals surface area contributed by atoms with Crippen molar-refractivity contribution in [2.45, 2.75) is 74.6 Å². The molecule has 1 N–H and O–H groups in total. The Morgan fingerprint density at radius 1 is 1.00 bits per heavy atom. The molecule has 0 aliphatic heterocycles. The Hall–Kier alpha value is -0.280. The van der Waals surface area contributed by atoms with Crippen LogP contribution in [0.3, 0.4) is 0 Å². The van der Waals surface area contributed by atoms with Crippen LogP contribution in [-0.2, 0) is 4.74 Å². The molecule has 2 atom stereocenters. The number of rotatable bonds is 7. The minimum atomic E-state index is -6.54. The Bertz CT molecular complexity index is 410. The standard InChI is InChI=1S/C14H20ClF7O2/c1-2-24-11(15,10(23)8-9-6-4-3-5-7-9)12(16,17)13(18,19)14(20,21)22/h9-10,23H,2-8H2,1H3/t10-,11-/m1/s1. The van der Waals surface area contributed by atoms with Crippen LogP contribution in [0.15, 0.2) is 0 Å². The summed E-state index contributed by atoms with van der Waals surface area (Å²) in [5.41, 5.74) is 0. The predicted octanol–water partition coefficient (Wildman–Crippen LogP) is 5.12. The van der Waals surface area contributed by atoms with E-state index in [0.717, 1.165) is 26.2 Å². The van der Waals surface area contributed by atoms with Crippen LogP contribution in [-0.4, -0.2) is 40.9 Å². The second kappa shape index (κ2) is 7.53. The fraction of sp³-hybridized carbons (Fsp3) is 1.00. The molecule has 0 bridgehead atoms. The smallest absolute Gasteiger partial charge is 0.389 e. The summed E-state index contributed by atoms with van der Waals surface area (Å²) in [4.78, 5) is 0. The lowest BCUT2D eigenvalue weighted by molar-refractivity contribution is -0.387. The van der Waals surface area contributed by atoms with Crippen molar-refractivity contribution in [2.75, 3.05) is 6.61 Å². The minimum absolute atomic E-state index is 0.289. The van der Waals surface area contributed by atoms with Gasteiger partial charge in [0.1, 0.15) is 6.10 Å². The van der Waals surface area contributed by atoms with Gasteiger partial charge >= 0.3 is 18.0 Å². The molecular weight excluding hydrogens is 369 g/mol. The lowest BCUT2D eigenvalue weighted by Crippen LogP contribution is -2.66. The molecule has 0 aromatic rings. The number of aliphatic hydroxyl groups excluding tert-OH is 1. The van der Waals surface area contributed by atoms with E-state index in [1.54, 1.807) is 0 Å². The fourth-order valence-electron chi connectivity index (χ4n) is 2.89. The SMILES string of the molecule is CCO[C@](Cl)([C@H](O)CC1CCCCC1)C(F)(F)C(F)(F)C(F)(F)F. The molecule has 1 rings (SSSR count). The first-order valence-corrected chi connectivity index (χ1v) is 8.02. The van der Waals surface area contributed by atoms with E-state index in [0.29, 0.717) is 12.8 Å². The third-order valence-corrected chi connectivity index (χ3v) is 4.84. The van der Waals surface area contributed by atoms with Crippen LogP contribution in [0.2, 0.25) is 0 Å². The van der Waals surface area contributed by atoms with Crippen molar-refractivity contribution in [3.63, 3.8) is 0 Å². The van der Waals surface area contributed by atoms with E-state index in [9.17, 15) is 35.8 Å². The Labute approximate surface area is 140 Å². The third kappa shape index (κ3) is 3.93. The number of hydrogen-bond acceptors (Lipinski definition) is 2. The monoisotopic (exact) mass is 388 g/mol. The van der Waals surface area contributed by atoms with Crippen molar-refractivity contribution < 1.29 is 40.6 Å². The fourth-order valence-corrected chi connectivity index (χ4v) is 3.21. The molecule has 0 radical (unpaired) electrons. The molecule has 10 heteroatoms. The Balaban J connectivity index is 3.11. The van der Waals surface area contributed by atoms with Crippen molar-refractivity contribution in [3.05, 3.63) is 0 Å². The predicted molar refractivity (Wildman–Crippen MR) is 73.4 cm³/mol. The molecule has 1 saturated carbocycles. The van der Waals surface area contributed by atoms with Crippen LogP contribution in [0.25, 0.3) is 0 Å². The molecule has 0 heterocycles. The highest BCUT2D eigenvalue weighted by atomic mass is 35.5. The van der Waals surface area contributed by atoms with Crippen LogP contribution >= 0.6 is 11.6 Å². The Morgan fingerprint density at radius 3 is 1.92 bits per heavy atom. The van der Waals surface area contributed by atoms with Gasteiger partial charge in [0.15, 0.2) is 0 Å². The largest absolute Gasteiger partial charge is 0.460 e. The maximum absolute atomic E-state index is 14.1. The summed E-state index contributed by atoms with van der Waals surface area (Å²) in [6.45, 7) is 0.432. The van der Waals surface area contributed by atoms with Gasteiger partial charge in [-0.05, 0) is 19.3 Å². The van der Waals surface area contributed by atoms with Crippen LogP contribution in [0.1, 0.15) is 45.4 Å². The molecule has 1 aliphatic rings. The van der Waals surface area contributed by atoms with Gasteiger partial charge in [-0.3, -0.25) is 0 Å². The van der Waals surface area contributed by atoms with Crippen molar-refractivity contribution in [1.29, 1.82) is 0 Å². The van der Waals surface area contributed by atoms with Crippen molar-refractivity contribution in [3.8, 4) is 0 Å². The first-order valence-electron chi connectivity index (χ1n) is 7.64. The molecule has 1 fully saturated rings. The first kappa shape index (κ1) is 21.8. The summed E-state index contributed by atoms with van der Waals surface area (Å²) in [6.07, 6.45) is -5.83. The van der Waals surface area contributed by atoms with Crippen LogP contribution < -0.4 is 0 Å². The zero-order chi connectivity index (χ0) is 18.8. The number of hydrogen-bond donors (Lipinski definition) is 1. The van der Waals surface area contributed by atoms with Gasteiger partial charge in [0.2, 0.25) is 5.06 Å². The molecule has 0 unspecified atom stereocenters. The highest BCUT2D eigenvalue weighted by Gasteiger charge is 2.81. The summed E-state index contributed by atoms with van der Waals surface area (Å²) < 4.78 is 96.3. The highest BCUT2D eigenvalue weighted by molar-refractivity contribution is 6.24. The summed E-state index contributed by atoms with van der Waals surface area (Å²) in [7, 11) is 0. The quantitative estimate of drug-likeness (QED) is 0.484. The summed E-state index contributed by atoms with van der Waals surface area (Å²) in [6, 6.07) is 0. The average Bonchev–Trinajstić information content (AvgIpc) is 2.46. The number of ether oxygens (including phenoxy) is 1. The minimum Gasteiger partial charge on any atom is -0.389 e. The second-order valence-corrected chi connectivity index (χ2v) is 6.54. The zero-order valence-electron chi connectivity index (χ0n) is 13.0. The van der Waals surface area contributed by atoms with Crippen molar-refractivity contribution in [1.82, 2.24) is 0 Å². The Morgan fingerprint density at radius 2 is 1.50 bits per heavy atom. The molecule has 144 valence electrons. The van der Waals surface area contributed by atoms with E-state index in [1.807, 2.05) is 0 Å². The topological polar surface area (TPSA) is 29.5 Å². The van der Waals surface area contributed by atoms with Gasteiger partial charge < -0.3 is 9.84 Å². The van der Waals surface area contributed by atoms with Gasteiger partial charge in [0, 0.05) is 6.61 Å². The molecular formula is C14H20ClF7O2. The normalized spacial score (nSPS) is 22.2. The molecule has 1 aliphatic carbocycles. The average molecular weight is 389 g/mol. The Kier molecular flexibility index (Phi) is 6.83. The highest BCUT2D eigenvalue weighted by Crippen LogP contribution is 2.55. The lowest BCUT2D eigenvalue weighted by atomic mass is 9.83. The molecule has 0 spiro atoms. The number of halogens is 8. The van der Waals surface area contributed by atoms with Gasteiger partial charge in [-0.15, -0.1) is 0 Å². The van der Waals surface area contributed by atoms with Crippen molar-refractivity contribution >= 4 is 11.6 Å². The number of aliphatic hydroxyl groups is 1. The summed E-state index contributed by atoms with van der Waals surface area (Å²) in [5, 5.41) is 6.10.